The quantitative estimate of drug-likeness (QED) is 0.722. The van der Waals surface area contributed by atoms with Gasteiger partial charge in [-0.3, -0.25) is 4.90 Å². The highest BCUT2D eigenvalue weighted by Crippen LogP contribution is 2.18. The first-order valence-electron chi connectivity index (χ1n) is 8.14. The van der Waals surface area contributed by atoms with Crippen LogP contribution in [0, 0.1) is 0 Å². The van der Waals surface area contributed by atoms with E-state index < -0.39 is 0 Å². The van der Waals surface area contributed by atoms with Gasteiger partial charge >= 0.3 is 0 Å². The number of ether oxygens (including phenoxy) is 1. The number of aromatic nitrogens is 4. The normalized spacial score (nSPS) is 16.2. The van der Waals surface area contributed by atoms with Gasteiger partial charge in [0, 0.05) is 50.3 Å². The molecule has 3 aromatic rings. The number of hydrogen-bond acceptors (Lipinski definition) is 4. The highest BCUT2D eigenvalue weighted by Gasteiger charge is 2.09. The maximum Gasteiger partial charge on any atom is 0.0953 e. The molecule has 0 radical (unpaired) electrons. The first-order valence-corrected chi connectivity index (χ1v) is 8.14. The van der Waals surface area contributed by atoms with E-state index in [-0.39, 0.29) is 0 Å². The fourth-order valence-corrected chi connectivity index (χ4v) is 3.00. The van der Waals surface area contributed by atoms with Gasteiger partial charge in [-0.25, -0.2) is 9.50 Å². The molecule has 0 atom stereocenters. The lowest BCUT2D eigenvalue weighted by Crippen LogP contribution is -2.37. The molecule has 4 rings (SSSR count). The predicted octanol–water partition coefficient (Wildman–Crippen LogP) is 1.92. The summed E-state index contributed by atoms with van der Waals surface area (Å²) in [5.41, 5.74) is 3.18. The van der Waals surface area contributed by atoms with E-state index in [4.69, 9.17) is 4.74 Å². The summed E-state index contributed by atoms with van der Waals surface area (Å²) in [6.45, 7) is 5.96. The van der Waals surface area contributed by atoms with Crippen LogP contribution in [0.25, 0.3) is 16.8 Å². The first kappa shape index (κ1) is 14.4. The van der Waals surface area contributed by atoms with Crippen LogP contribution in [0.5, 0.6) is 0 Å². The van der Waals surface area contributed by atoms with E-state index >= 15 is 0 Å². The second-order valence-electron chi connectivity index (χ2n) is 5.92. The van der Waals surface area contributed by atoms with Crippen molar-refractivity contribution < 1.29 is 4.74 Å². The zero-order valence-electron chi connectivity index (χ0n) is 13.1. The lowest BCUT2D eigenvalue weighted by Gasteiger charge is -2.26. The minimum atomic E-state index is 0.866. The number of fused-ring (bicyclic) bond motifs is 1. The molecule has 1 saturated heterocycles. The topological polar surface area (TPSA) is 47.6 Å². The molecule has 23 heavy (non-hydrogen) atoms. The summed E-state index contributed by atoms with van der Waals surface area (Å²) in [6, 6.07) is 6.16. The van der Waals surface area contributed by atoms with Gasteiger partial charge in [0.2, 0.25) is 0 Å². The molecule has 0 spiro atoms. The molecule has 0 N–H and O–H groups in total. The SMILES string of the molecule is c1cc2ccc(-c3cn(CCCN4CCOCC4)cn3)cn2n1. The summed E-state index contributed by atoms with van der Waals surface area (Å²) in [5, 5.41) is 4.28. The molecule has 0 aromatic carbocycles. The number of imidazole rings is 1. The van der Waals surface area contributed by atoms with Crippen molar-refractivity contribution in [3.05, 3.63) is 43.1 Å². The molecule has 3 aromatic heterocycles. The second kappa shape index (κ2) is 6.52. The second-order valence-corrected chi connectivity index (χ2v) is 5.92. The van der Waals surface area contributed by atoms with Crippen molar-refractivity contribution in [1.29, 1.82) is 0 Å². The number of pyridine rings is 1. The zero-order valence-corrected chi connectivity index (χ0v) is 13.1. The van der Waals surface area contributed by atoms with E-state index in [1.165, 1.54) is 0 Å². The Morgan fingerprint density at radius 1 is 1.04 bits per heavy atom. The molecule has 0 saturated carbocycles. The van der Waals surface area contributed by atoms with Crippen LogP contribution in [0.2, 0.25) is 0 Å². The van der Waals surface area contributed by atoms with Crippen LogP contribution < -0.4 is 0 Å². The molecule has 0 bridgehead atoms. The largest absolute Gasteiger partial charge is 0.379 e. The van der Waals surface area contributed by atoms with Crippen LogP contribution in [-0.2, 0) is 11.3 Å². The summed E-state index contributed by atoms with van der Waals surface area (Å²) >= 11 is 0. The molecule has 0 amide bonds. The standard InChI is InChI=1S/C17H21N5O/c1(6-20-8-10-23-11-9-20)7-21-13-17(18-14-21)15-2-3-16-4-5-19-22(16)12-15/h2-5,12-14H,1,6-11H2. The Hall–Kier alpha value is -2.18. The highest BCUT2D eigenvalue weighted by atomic mass is 16.5. The molecule has 0 unspecified atom stereocenters. The molecular formula is C17H21N5O. The smallest absolute Gasteiger partial charge is 0.0953 e. The van der Waals surface area contributed by atoms with Crippen LogP contribution in [0.1, 0.15) is 6.42 Å². The van der Waals surface area contributed by atoms with Crippen molar-refractivity contribution in [1.82, 2.24) is 24.1 Å². The molecule has 120 valence electrons. The Morgan fingerprint density at radius 3 is 2.87 bits per heavy atom. The summed E-state index contributed by atoms with van der Waals surface area (Å²) in [5.74, 6) is 0. The van der Waals surface area contributed by atoms with Crippen LogP contribution >= 0.6 is 0 Å². The Bertz CT molecular complexity index is 772. The summed E-state index contributed by atoms with van der Waals surface area (Å²) in [4.78, 5) is 7.00. The third-order valence-corrected chi connectivity index (χ3v) is 4.32. The summed E-state index contributed by atoms with van der Waals surface area (Å²) in [6.07, 6.45) is 9.00. The minimum Gasteiger partial charge on any atom is -0.379 e. The van der Waals surface area contributed by atoms with Crippen molar-refractivity contribution in [2.45, 2.75) is 13.0 Å². The van der Waals surface area contributed by atoms with Gasteiger partial charge in [0.05, 0.1) is 30.8 Å². The van der Waals surface area contributed by atoms with Gasteiger partial charge in [-0.2, -0.15) is 5.10 Å². The van der Waals surface area contributed by atoms with E-state index in [0.29, 0.717) is 0 Å². The van der Waals surface area contributed by atoms with Gasteiger partial charge in [0.15, 0.2) is 0 Å². The Labute approximate surface area is 135 Å². The molecular weight excluding hydrogens is 290 g/mol. The molecule has 1 aliphatic rings. The van der Waals surface area contributed by atoms with Crippen molar-refractivity contribution in [3.63, 3.8) is 0 Å². The van der Waals surface area contributed by atoms with Gasteiger partial charge in [0.1, 0.15) is 0 Å². The van der Waals surface area contributed by atoms with Gasteiger partial charge in [0.25, 0.3) is 0 Å². The minimum absolute atomic E-state index is 0.866. The van der Waals surface area contributed by atoms with E-state index in [1.54, 1.807) is 0 Å². The predicted molar refractivity (Wildman–Crippen MR) is 88.3 cm³/mol. The molecule has 0 aliphatic carbocycles. The van der Waals surface area contributed by atoms with E-state index in [2.05, 4.69) is 37.9 Å². The number of nitrogens with zero attached hydrogens (tertiary/aromatic N) is 5. The molecule has 6 heteroatoms. The maximum absolute atomic E-state index is 5.38. The Balaban J connectivity index is 1.38. The molecule has 1 aliphatic heterocycles. The van der Waals surface area contributed by atoms with Gasteiger partial charge in [-0.15, -0.1) is 0 Å². The number of aryl methyl sites for hydroxylation is 1. The lowest BCUT2D eigenvalue weighted by atomic mass is 10.2. The monoisotopic (exact) mass is 311 g/mol. The van der Waals surface area contributed by atoms with E-state index in [0.717, 1.165) is 62.6 Å². The third-order valence-electron chi connectivity index (χ3n) is 4.32. The zero-order chi connectivity index (χ0) is 15.5. The summed E-state index contributed by atoms with van der Waals surface area (Å²) < 4.78 is 9.43. The lowest BCUT2D eigenvalue weighted by molar-refractivity contribution is 0.0369. The number of morpholine rings is 1. The number of hydrogen-bond donors (Lipinski definition) is 0. The van der Waals surface area contributed by atoms with Crippen molar-refractivity contribution in [3.8, 4) is 11.3 Å². The fourth-order valence-electron chi connectivity index (χ4n) is 3.00. The number of rotatable bonds is 5. The fraction of sp³-hybridized carbons (Fsp3) is 0.412. The Kier molecular flexibility index (Phi) is 4.08. The average Bonchev–Trinajstić information content (AvgIpc) is 3.24. The van der Waals surface area contributed by atoms with Crippen molar-refractivity contribution in [2.75, 3.05) is 32.8 Å². The maximum atomic E-state index is 5.38. The van der Waals surface area contributed by atoms with Gasteiger partial charge in [-0.1, -0.05) is 0 Å². The van der Waals surface area contributed by atoms with Crippen molar-refractivity contribution >= 4 is 5.52 Å². The van der Waals surface area contributed by atoms with Gasteiger partial charge < -0.3 is 9.30 Å². The summed E-state index contributed by atoms with van der Waals surface area (Å²) in [7, 11) is 0. The van der Waals surface area contributed by atoms with E-state index in [9.17, 15) is 0 Å². The van der Waals surface area contributed by atoms with Crippen LogP contribution in [0.15, 0.2) is 43.1 Å². The van der Waals surface area contributed by atoms with Crippen molar-refractivity contribution in [2.24, 2.45) is 0 Å². The molecule has 1 fully saturated rings. The van der Waals surface area contributed by atoms with Crippen LogP contribution in [0.4, 0.5) is 0 Å². The molecule has 4 heterocycles. The van der Waals surface area contributed by atoms with Crippen LogP contribution in [0.3, 0.4) is 0 Å². The average molecular weight is 311 g/mol. The van der Waals surface area contributed by atoms with Gasteiger partial charge in [-0.05, 0) is 24.6 Å². The molecule has 6 nitrogen and oxygen atoms in total. The van der Waals surface area contributed by atoms with Crippen LogP contribution in [-0.4, -0.2) is 56.9 Å². The highest BCUT2D eigenvalue weighted by molar-refractivity contribution is 5.61. The first-order chi connectivity index (χ1) is 11.4. The van der Waals surface area contributed by atoms with E-state index in [1.807, 2.05) is 29.3 Å². The Morgan fingerprint density at radius 2 is 1.96 bits per heavy atom. The third kappa shape index (κ3) is 3.28.